The van der Waals surface area contributed by atoms with Crippen LogP contribution < -0.4 is 10.1 Å². The number of hydrogen-bond acceptors (Lipinski definition) is 5. The highest BCUT2D eigenvalue weighted by Crippen LogP contribution is 2.27. The number of nitrogens with one attached hydrogen (secondary N) is 1. The molecule has 30 heavy (non-hydrogen) atoms. The van der Waals surface area contributed by atoms with Gasteiger partial charge in [-0.25, -0.2) is 4.98 Å². The third-order valence-electron chi connectivity index (χ3n) is 4.63. The first kappa shape index (κ1) is 21.7. The van der Waals surface area contributed by atoms with E-state index in [1.54, 1.807) is 24.4 Å². The van der Waals surface area contributed by atoms with Crippen molar-refractivity contribution in [1.29, 1.82) is 0 Å². The largest absolute Gasteiger partial charge is 0.406 e. The van der Waals surface area contributed by atoms with E-state index in [0.29, 0.717) is 5.56 Å². The molecule has 0 saturated heterocycles. The van der Waals surface area contributed by atoms with Gasteiger partial charge >= 0.3 is 5.97 Å². The molecule has 0 spiro atoms. The number of hydrogen-bond donors (Lipinski definition) is 1. The van der Waals surface area contributed by atoms with Crippen LogP contribution in [-0.2, 0) is 10.2 Å². The number of carbonyl (C=O) groups is 2. The highest BCUT2D eigenvalue weighted by Gasteiger charge is 2.19. The monoisotopic (exact) mass is 421 g/mol. The van der Waals surface area contributed by atoms with Crippen molar-refractivity contribution in [2.75, 3.05) is 6.54 Å². The molecule has 2 aromatic carbocycles. The van der Waals surface area contributed by atoms with Gasteiger partial charge in [-0.05, 0) is 35.2 Å². The number of benzene rings is 2. The third kappa shape index (κ3) is 5.54. The second kappa shape index (κ2) is 9.22. The summed E-state index contributed by atoms with van der Waals surface area (Å²) in [6.07, 6.45) is 0. The zero-order chi connectivity index (χ0) is 21.7. The average molecular weight is 422 g/mol. The number of aromatic nitrogens is 1. The summed E-state index contributed by atoms with van der Waals surface area (Å²) in [4.78, 5) is 29.1. The number of esters is 1. The first-order valence-electron chi connectivity index (χ1n) is 9.76. The fraction of sp³-hybridized carbons (Fsp3) is 0.292. The number of nitrogens with zero attached hydrogens (tertiary/aromatic N) is 1. The smallest absolute Gasteiger partial charge is 0.317 e. The summed E-state index contributed by atoms with van der Waals surface area (Å²) in [5.74, 6) is -0.890. The fourth-order valence-electron chi connectivity index (χ4n) is 2.72. The van der Waals surface area contributed by atoms with Gasteiger partial charge in [0.1, 0.15) is 5.01 Å². The van der Waals surface area contributed by atoms with E-state index in [4.69, 9.17) is 4.74 Å². The molecule has 1 amide bonds. The maximum atomic E-state index is 12.4. The standard InChI is InChI=1S/C24H25N2O3S/c1-16(14-25-21(27)17-10-12-19(13-11-17)24(2,3)4)23(28)29-20-15-30-22(26-20)18-8-6-5-7-9-18/h5-6,8-13,15-16H,14H2,1-4H3,(H,25,27). The van der Waals surface area contributed by atoms with Crippen molar-refractivity contribution >= 4 is 23.2 Å². The Kier molecular flexibility index (Phi) is 6.67. The lowest BCUT2D eigenvalue weighted by atomic mass is 9.87. The van der Waals surface area contributed by atoms with Gasteiger partial charge in [-0.3, -0.25) is 9.59 Å². The summed E-state index contributed by atoms with van der Waals surface area (Å²) in [5, 5.41) is 5.25. The van der Waals surface area contributed by atoms with Crippen molar-refractivity contribution in [3.63, 3.8) is 0 Å². The van der Waals surface area contributed by atoms with Crippen molar-refractivity contribution in [2.24, 2.45) is 5.92 Å². The summed E-state index contributed by atoms with van der Waals surface area (Å²) < 4.78 is 5.37. The number of ether oxygens (including phenoxy) is 1. The minimum Gasteiger partial charge on any atom is -0.406 e. The van der Waals surface area contributed by atoms with Crippen LogP contribution in [0.4, 0.5) is 0 Å². The Balaban J connectivity index is 1.52. The quantitative estimate of drug-likeness (QED) is 0.576. The minimum atomic E-state index is -0.502. The van der Waals surface area contributed by atoms with Crippen molar-refractivity contribution < 1.29 is 14.3 Å². The molecule has 1 unspecified atom stereocenters. The minimum absolute atomic E-state index is 0.0294. The molecule has 0 aliphatic carbocycles. The summed E-state index contributed by atoms with van der Waals surface area (Å²) in [5.41, 5.74) is 2.67. The third-order valence-corrected chi connectivity index (χ3v) is 5.50. The topological polar surface area (TPSA) is 68.3 Å². The van der Waals surface area contributed by atoms with E-state index in [0.717, 1.165) is 16.1 Å². The lowest BCUT2D eigenvalue weighted by Gasteiger charge is -2.19. The molecule has 5 nitrogen and oxygen atoms in total. The Hall–Kier alpha value is -2.99. The maximum absolute atomic E-state index is 12.4. The lowest BCUT2D eigenvalue weighted by Crippen LogP contribution is -2.33. The molecule has 3 rings (SSSR count). The van der Waals surface area contributed by atoms with Gasteiger partial charge in [-0.15, -0.1) is 11.3 Å². The molecule has 1 aromatic heterocycles. The normalized spacial score (nSPS) is 12.3. The first-order valence-corrected chi connectivity index (χ1v) is 10.6. The van der Waals surface area contributed by atoms with E-state index in [1.165, 1.54) is 11.3 Å². The summed E-state index contributed by atoms with van der Waals surface area (Å²) >= 11 is 1.40. The van der Waals surface area contributed by atoms with Gasteiger partial charge in [0.05, 0.1) is 11.3 Å². The van der Waals surface area contributed by atoms with Gasteiger partial charge in [0.15, 0.2) is 0 Å². The molecule has 0 aliphatic heterocycles. The van der Waals surface area contributed by atoms with Crippen LogP contribution in [0.25, 0.3) is 10.6 Å². The van der Waals surface area contributed by atoms with Crippen LogP contribution in [0, 0.1) is 12.0 Å². The molecule has 6 heteroatoms. The highest BCUT2D eigenvalue weighted by molar-refractivity contribution is 7.13. The molecule has 155 valence electrons. The van der Waals surface area contributed by atoms with Gasteiger partial charge in [0.25, 0.3) is 5.91 Å². The van der Waals surface area contributed by atoms with E-state index < -0.39 is 11.9 Å². The Morgan fingerprint density at radius 2 is 1.93 bits per heavy atom. The fourth-order valence-corrected chi connectivity index (χ4v) is 3.44. The van der Waals surface area contributed by atoms with E-state index in [-0.39, 0.29) is 23.7 Å². The predicted octanol–water partition coefficient (Wildman–Crippen LogP) is 4.88. The summed E-state index contributed by atoms with van der Waals surface area (Å²) in [7, 11) is 0. The Labute approximate surface area is 181 Å². The van der Waals surface area contributed by atoms with Crippen LogP contribution in [0.3, 0.4) is 0 Å². The van der Waals surface area contributed by atoms with Gasteiger partial charge in [-0.2, -0.15) is 0 Å². The molecular weight excluding hydrogens is 396 g/mol. The zero-order valence-electron chi connectivity index (χ0n) is 17.6. The molecule has 1 atom stereocenters. The number of amides is 1. The number of rotatable bonds is 6. The predicted molar refractivity (Wildman–Crippen MR) is 119 cm³/mol. The maximum Gasteiger partial charge on any atom is 0.317 e. The van der Waals surface area contributed by atoms with Crippen LogP contribution in [0.5, 0.6) is 5.88 Å². The van der Waals surface area contributed by atoms with Gasteiger partial charge in [0.2, 0.25) is 5.88 Å². The second-order valence-electron chi connectivity index (χ2n) is 8.14. The Bertz CT molecular complexity index is 1000. The molecule has 1 radical (unpaired) electrons. The summed E-state index contributed by atoms with van der Waals surface area (Å²) in [6.45, 7) is 8.27. The van der Waals surface area contributed by atoms with Crippen LogP contribution in [-0.4, -0.2) is 23.4 Å². The average Bonchev–Trinajstić information content (AvgIpc) is 3.20. The molecule has 0 fully saturated rings. The SMILES string of the molecule is CC(CNC(=O)c1ccc(C(C)(C)C)cc1)C(=O)Oc1csc(-c2c[c]ccc2)n1. The zero-order valence-corrected chi connectivity index (χ0v) is 18.4. The molecule has 0 saturated carbocycles. The van der Waals surface area contributed by atoms with Crippen molar-refractivity contribution in [3.8, 4) is 16.5 Å². The van der Waals surface area contributed by atoms with Crippen molar-refractivity contribution in [2.45, 2.75) is 33.1 Å². The molecule has 0 aliphatic rings. The highest BCUT2D eigenvalue weighted by atomic mass is 32.1. The lowest BCUT2D eigenvalue weighted by molar-refractivity contribution is -0.138. The molecule has 3 aromatic rings. The van der Waals surface area contributed by atoms with Crippen LogP contribution >= 0.6 is 11.3 Å². The van der Waals surface area contributed by atoms with Gasteiger partial charge in [-0.1, -0.05) is 58.0 Å². The van der Waals surface area contributed by atoms with Crippen molar-refractivity contribution in [1.82, 2.24) is 10.3 Å². The van der Waals surface area contributed by atoms with E-state index >= 15 is 0 Å². The second-order valence-corrected chi connectivity index (χ2v) is 9.00. The van der Waals surface area contributed by atoms with Gasteiger partial charge < -0.3 is 10.1 Å². The van der Waals surface area contributed by atoms with Gasteiger partial charge in [0, 0.05) is 17.7 Å². The van der Waals surface area contributed by atoms with E-state index in [9.17, 15) is 9.59 Å². The number of thiazole rings is 1. The molecule has 1 heterocycles. The summed E-state index contributed by atoms with van der Waals surface area (Å²) in [6, 6.07) is 18.0. The van der Waals surface area contributed by atoms with Crippen molar-refractivity contribution in [3.05, 3.63) is 71.1 Å². The molecular formula is C24H25N2O3S. The Morgan fingerprint density at radius 1 is 1.20 bits per heavy atom. The molecule has 0 bridgehead atoms. The van der Waals surface area contributed by atoms with Crippen LogP contribution in [0.1, 0.15) is 43.6 Å². The van der Waals surface area contributed by atoms with E-state index in [2.05, 4.69) is 37.1 Å². The van der Waals surface area contributed by atoms with Crippen LogP contribution in [0.15, 0.2) is 53.9 Å². The van der Waals surface area contributed by atoms with E-state index in [1.807, 2.05) is 36.4 Å². The number of carbonyl (C=O) groups excluding carboxylic acids is 2. The molecule has 1 N–H and O–H groups in total. The Morgan fingerprint density at radius 3 is 2.57 bits per heavy atom. The first-order chi connectivity index (χ1) is 14.2. The van der Waals surface area contributed by atoms with Crippen LogP contribution in [0.2, 0.25) is 0 Å².